The maximum absolute atomic E-state index is 6.35. The Morgan fingerprint density at radius 1 is 0.472 bits per heavy atom. The maximum Gasteiger partial charge on any atom is 0.135 e. The summed E-state index contributed by atoms with van der Waals surface area (Å²) in [5.74, 6) is 1.83. The maximum atomic E-state index is 6.35. The van der Waals surface area contributed by atoms with Crippen molar-refractivity contribution in [2.45, 2.75) is 0 Å². The zero-order chi connectivity index (χ0) is 23.6. The molecule has 1 aliphatic heterocycles. The summed E-state index contributed by atoms with van der Waals surface area (Å²) in [6, 6.07) is 45.4. The number of ether oxygens (including phenoxy) is 1. The Kier molecular flexibility index (Phi) is 3.97. The molecular formula is C34H21NO. The van der Waals surface area contributed by atoms with Crippen molar-refractivity contribution in [3.05, 3.63) is 127 Å². The lowest BCUT2D eigenvalue weighted by Gasteiger charge is -2.22. The Labute approximate surface area is 208 Å². The van der Waals surface area contributed by atoms with Gasteiger partial charge < -0.3 is 9.30 Å². The molecule has 1 aromatic heterocycles. The largest absolute Gasteiger partial charge is 0.456 e. The fraction of sp³-hybridized carbons (Fsp3) is 0. The number of benzene rings is 6. The zero-order valence-corrected chi connectivity index (χ0v) is 19.5. The van der Waals surface area contributed by atoms with Gasteiger partial charge in [-0.25, -0.2) is 0 Å². The van der Waals surface area contributed by atoms with E-state index in [0.29, 0.717) is 0 Å². The highest BCUT2D eigenvalue weighted by Gasteiger charge is 2.21. The Balaban J connectivity index is 1.39. The van der Waals surface area contributed by atoms with Crippen molar-refractivity contribution in [2.75, 3.05) is 0 Å². The first-order valence-corrected chi connectivity index (χ1v) is 12.3. The molecule has 0 fully saturated rings. The number of para-hydroxylation sites is 3. The van der Waals surface area contributed by atoms with Crippen LogP contribution in [0.5, 0.6) is 11.5 Å². The first-order chi connectivity index (χ1) is 17.9. The lowest BCUT2D eigenvalue weighted by Crippen LogP contribution is -1.99. The number of hydrogen-bond donors (Lipinski definition) is 0. The summed E-state index contributed by atoms with van der Waals surface area (Å²) < 4.78 is 8.75. The molecule has 8 rings (SSSR count). The van der Waals surface area contributed by atoms with Crippen LogP contribution in [0.3, 0.4) is 0 Å². The molecule has 0 saturated carbocycles. The van der Waals surface area contributed by atoms with Crippen LogP contribution in [-0.2, 0) is 0 Å². The summed E-state index contributed by atoms with van der Waals surface area (Å²) in [5.41, 5.74) is 8.32. The first-order valence-electron chi connectivity index (χ1n) is 12.3. The van der Waals surface area contributed by atoms with Gasteiger partial charge in [0.15, 0.2) is 0 Å². The second kappa shape index (κ2) is 7.34. The van der Waals surface area contributed by atoms with Gasteiger partial charge in [0.25, 0.3) is 0 Å². The molecule has 168 valence electrons. The molecule has 0 radical (unpaired) electrons. The molecule has 1 aliphatic rings. The molecule has 0 atom stereocenters. The molecule has 36 heavy (non-hydrogen) atoms. The first kappa shape index (κ1) is 19.5. The molecule has 2 nitrogen and oxygen atoms in total. The minimum Gasteiger partial charge on any atom is -0.456 e. The summed E-state index contributed by atoms with van der Waals surface area (Å²) in [4.78, 5) is 0. The molecular weight excluding hydrogens is 438 g/mol. The Bertz CT molecular complexity index is 1920. The number of rotatable bonds is 2. The minimum atomic E-state index is 0.902. The molecule has 0 amide bonds. The van der Waals surface area contributed by atoms with Crippen LogP contribution in [-0.4, -0.2) is 4.57 Å². The molecule has 0 unspecified atom stereocenters. The van der Waals surface area contributed by atoms with E-state index in [1.165, 1.54) is 55.0 Å². The Hall–Kier alpha value is -4.82. The van der Waals surface area contributed by atoms with Gasteiger partial charge in [-0.1, -0.05) is 91.0 Å². The van der Waals surface area contributed by atoms with Gasteiger partial charge in [-0.05, 0) is 52.9 Å². The molecule has 2 heterocycles. The molecule has 0 spiro atoms. The lowest BCUT2D eigenvalue weighted by atomic mass is 9.92. The smallest absolute Gasteiger partial charge is 0.135 e. The Morgan fingerprint density at radius 2 is 1.14 bits per heavy atom. The fourth-order valence-corrected chi connectivity index (χ4v) is 5.83. The molecule has 0 bridgehead atoms. The molecule has 2 heteroatoms. The lowest BCUT2D eigenvalue weighted by molar-refractivity contribution is 0.487. The van der Waals surface area contributed by atoms with Crippen molar-refractivity contribution in [3.63, 3.8) is 0 Å². The summed E-state index contributed by atoms with van der Waals surface area (Å²) >= 11 is 0. The average molecular weight is 460 g/mol. The molecule has 0 saturated heterocycles. The monoisotopic (exact) mass is 459 g/mol. The van der Waals surface area contributed by atoms with E-state index in [9.17, 15) is 0 Å². The number of hydrogen-bond acceptors (Lipinski definition) is 1. The predicted octanol–water partition coefficient (Wildman–Crippen LogP) is 9.38. The van der Waals surface area contributed by atoms with E-state index >= 15 is 0 Å². The minimum absolute atomic E-state index is 0.902. The quantitative estimate of drug-likeness (QED) is 0.251. The van der Waals surface area contributed by atoms with Crippen molar-refractivity contribution in [1.29, 1.82) is 0 Å². The summed E-state index contributed by atoms with van der Waals surface area (Å²) in [5, 5.41) is 4.92. The van der Waals surface area contributed by atoms with Crippen LogP contribution in [0.1, 0.15) is 0 Å². The van der Waals surface area contributed by atoms with E-state index in [4.69, 9.17) is 4.74 Å². The van der Waals surface area contributed by atoms with Crippen LogP contribution in [0.25, 0.3) is 60.5 Å². The van der Waals surface area contributed by atoms with Crippen molar-refractivity contribution < 1.29 is 4.74 Å². The third kappa shape index (κ3) is 2.67. The van der Waals surface area contributed by atoms with Crippen molar-refractivity contribution in [2.24, 2.45) is 0 Å². The molecule has 7 aromatic rings. The van der Waals surface area contributed by atoms with E-state index in [2.05, 4.69) is 132 Å². The molecule has 0 N–H and O–H groups in total. The van der Waals surface area contributed by atoms with Crippen LogP contribution in [0, 0.1) is 0 Å². The van der Waals surface area contributed by atoms with E-state index in [0.717, 1.165) is 17.1 Å². The fourth-order valence-electron chi connectivity index (χ4n) is 5.83. The van der Waals surface area contributed by atoms with E-state index < -0.39 is 0 Å². The van der Waals surface area contributed by atoms with Gasteiger partial charge >= 0.3 is 0 Å². The number of aromatic nitrogens is 1. The second-order valence-corrected chi connectivity index (χ2v) is 9.36. The van der Waals surface area contributed by atoms with Crippen LogP contribution in [0.15, 0.2) is 127 Å². The zero-order valence-electron chi connectivity index (χ0n) is 19.5. The van der Waals surface area contributed by atoms with Crippen LogP contribution in [0.4, 0.5) is 0 Å². The highest BCUT2D eigenvalue weighted by molar-refractivity contribution is 6.10. The average Bonchev–Trinajstić information content (AvgIpc) is 3.28. The van der Waals surface area contributed by atoms with Gasteiger partial charge in [0.2, 0.25) is 0 Å². The molecule has 6 aromatic carbocycles. The van der Waals surface area contributed by atoms with Gasteiger partial charge in [0, 0.05) is 27.3 Å². The van der Waals surface area contributed by atoms with Crippen LogP contribution in [0.2, 0.25) is 0 Å². The van der Waals surface area contributed by atoms with Gasteiger partial charge in [0.05, 0.1) is 16.7 Å². The van der Waals surface area contributed by atoms with Gasteiger partial charge in [-0.2, -0.15) is 0 Å². The third-order valence-corrected chi connectivity index (χ3v) is 7.39. The van der Waals surface area contributed by atoms with Crippen molar-refractivity contribution in [1.82, 2.24) is 4.57 Å². The summed E-state index contributed by atoms with van der Waals surface area (Å²) in [7, 11) is 0. The van der Waals surface area contributed by atoms with E-state index in [1.54, 1.807) is 0 Å². The predicted molar refractivity (Wildman–Crippen MR) is 149 cm³/mol. The normalized spacial score (nSPS) is 12.1. The molecule has 0 aliphatic carbocycles. The third-order valence-electron chi connectivity index (χ3n) is 7.39. The van der Waals surface area contributed by atoms with Crippen LogP contribution >= 0.6 is 0 Å². The second-order valence-electron chi connectivity index (χ2n) is 9.36. The van der Waals surface area contributed by atoms with E-state index in [-0.39, 0.29) is 0 Å². The van der Waals surface area contributed by atoms with Gasteiger partial charge in [0.1, 0.15) is 11.5 Å². The topological polar surface area (TPSA) is 14.2 Å². The van der Waals surface area contributed by atoms with Crippen LogP contribution < -0.4 is 4.74 Å². The van der Waals surface area contributed by atoms with Gasteiger partial charge in [-0.3, -0.25) is 0 Å². The van der Waals surface area contributed by atoms with Crippen molar-refractivity contribution >= 4 is 32.6 Å². The SMILES string of the molecule is c1ccc(-n2c3ccccc3c3ccccc32)c(-c2ccc3c(c2)-c2cccc4cccc(c24)O3)c1. The Morgan fingerprint density at radius 3 is 1.94 bits per heavy atom. The van der Waals surface area contributed by atoms with Crippen molar-refractivity contribution in [3.8, 4) is 39.4 Å². The standard InChI is InChI=1S/C34H21NO/c1-4-15-29(35-30-16-5-2-12-25(30)26-13-3-6-17-31(26)35)24(11-1)23-19-20-32-28(21-23)27-14-7-9-22-10-8-18-33(36-32)34(22)27/h1-21H. The summed E-state index contributed by atoms with van der Waals surface area (Å²) in [6.45, 7) is 0. The highest BCUT2D eigenvalue weighted by Crippen LogP contribution is 2.48. The van der Waals surface area contributed by atoms with E-state index in [1.807, 2.05) is 0 Å². The van der Waals surface area contributed by atoms with Gasteiger partial charge in [-0.15, -0.1) is 0 Å². The summed E-state index contributed by atoms with van der Waals surface area (Å²) in [6.07, 6.45) is 0. The number of nitrogens with zero attached hydrogens (tertiary/aromatic N) is 1. The number of fused-ring (bicyclic) bond motifs is 5. The highest BCUT2D eigenvalue weighted by atomic mass is 16.5.